The molecule has 2 fully saturated rings. The predicted octanol–water partition coefficient (Wildman–Crippen LogP) is 3.36. The molecule has 0 aromatic heterocycles. The van der Waals surface area contributed by atoms with Gasteiger partial charge in [-0.1, -0.05) is 12.8 Å². The lowest BCUT2D eigenvalue weighted by atomic mass is 9.76. The fraction of sp³-hybridized carbons (Fsp3) is 0.545. The second-order valence-electron chi connectivity index (χ2n) is 7.58. The maximum Gasteiger partial charge on any atom is 0.326 e. The molecular weight excluding hydrogens is 374 g/mol. The largest absolute Gasteiger partial charge is 0.493 e. The molecule has 1 amide bonds. The van der Waals surface area contributed by atoms with Crippen molar-refractivity contribution in [1.82, 2.24) is 4.90 Å². The van der Waals surface area contributed by atoms with Crippen LogP contribution < -0.4 is 14.2 Å². The molecule has 3 rings (SSSR count). The number of aliphatic carboxylic acids is 1. The Bertz CT molecular complexity index is 765. The highest BCUT2D eigenvalue weighted by molar-refractivity contribution is 5.95. The highest BCUT2D eigenvalue weighted by Crippen LogP contribution is 2.40. The monoisotopic (exact) mass is 403 g/mol. The molecule has 1 aromatic carbocycles. The van der Waals surface area contributed by atoms with Crippen LogP contribution in [-0.2, 0) is 9.59 Å². The molecule has 0 radical (unpaired) electrons. The van der Waals surface area contributed by atoms with Gasteiger partial charge in [-0.2, -0.15) is 0 Å². The number of carbonyl (C=O) groups excluding carboxylic acids is 1. The van der Waals surface area contributed by atoms with E-state index in [9.17, 15) is 14.7 Å². The number of benzene rings is 1. The van der Waals surface area contributed by atoms with Crippen molar-refractivity contribution in [2.24, 2.45) is 5.92 Å². The number of fused-ring (bicyclic) bond motifs is 1. The van der Waals surface area contributed by atoms with Crippen molar-refractivity contribution in [3.8, 4) is 17.2 Å². The molecule has 1 saturated carbocycles. The molecule has 2 aliphatic rings. The van der Waals surface area contributed by atoms with E-state index in [0.717, 1.165) is 32.1 Å². The molecule has 1 saturated heterocycles. The van der Waals surface area contributed by atoms with Gasteiger partial charge in [0.05, 0.1) is 21.3 Å². The molecule has 1 aliphatic carbocycles. The zero-order valence-electron chi connectivity index (χ0n) is 17.2. The Hall–Kier alpha value is -2.70. The van der Waals surface area contributed by atoms with Gasteiger partial charge < -0.3 is 24.2 Å². The van der Waals surface area contributed by atoms with Crippen molar-refractivity contribution in [3.05, 3.63) is 23.8 Å². The van der Waals surface area contributed by atoms with Crippen LogP contribution in [-0.4, -0.2) is 55.3 Å². The first-order valence-corrected chi connectivity index (χ1v) is 10.0. The molecule has 1 N–H and O–H groups in total. The summed E-state index contributed by atoms with van der Waals surface area (Å²) >= 11 is 0. The number of rotatable bonds is 6. The average molecular weight is 403 g/mol. The Morgan fingerprint density at radius 2 is 1.66 bits per heavy atom. The van der Waals surface area contributed by atoms with Gasteiger partial charge in [-0.05, 0) is 55.4 Å². The van der Waals surface area contributed by atoms with Crippen LogP contribution in [0, 0.1) is 5.92 Å². The number of amides is 1. The summed E-state index contributed by atoms with van der Waals surface area (Å²) in [5.41, 5.74) is 0.705. The molecule has 29 heavy (non-hydrogen) atoms. The van der Waals surface area contributed by atoms with Gasteiger partial charge in [0.1, 0.15) is 6.04 Å². The molecule has 0 bridgehead atoms. The Morgan fingerprint density at radius 1 is 1.00 bits per heavy atom. The molecule has 3 unspecified atom stereocenters. The summed E-state index contributed by atoms with van der Waals surface area (Å²) in [6.45, 7) is 0. The van der Waals surface area contributed by atoms with E-state index < -0.39 is 12.0 Å². The second-order valence-corrected chi connectivity index (χ2v) is 7.58. The van der Waals surface area contributed by atoms with Crippen LogP contribution in [0.4, 0.5) is 0 Å². The normalized spacial score (nSPS) is 24.1. The van der Waals surface area contributed by atoms with Crippen molar-refractivity contribution in [1.29, 1.82) is 0 Å². The number of methoxy groups -OCH3 is 3. The minimum absolute atomic E-state index is 0.00990. The fourth-order valence-corrected chi connectivity index (χ4v) is 4.64. The standard InChI is InChI=1S/C22H29NO6/c1-27-18-12-14(13-19(28-2)21(18)29-3)8-11-20(24)23-16-7-5-4-6-15(16)9-10-17(23)22(25)26/h8,11-13,15-17H,4-7,9-10H2,1-3H3,(H,25,26)/b11-8+. The first kappa shape index (κ1) is 21.0. The predicted molar refractivity (Wildman–Crippen MR) is 108 cm³/mol. The number of hydrogen-bond acceptors (Lipinski definition) is 5. The SMILES string of the molecule is COc1cc(/C=C/C(=O)N2C(C(=O)O)CCC3CCCCC32)cc(OC)c1OC. The number of likely N-dealkylation sites (tertiary alicyclic amines) is 1. The van der Waals surface area contributed by atoms with E-state index in [2.05, 4.69) is 0 Å². The number of hydrogen-bond donors (Lipinski definition) is 1. The van der Waals surface area contributed by atoms with Gasteiger partial charge >= 0.3 is 5.97 Å². The van der Waals surface area contributed by atoms with Crippen molar-refractivity contribution in [2.75, 3.05) is 21.3 Å². The summed E-state index contributed by atoms with van der Waals surface area (Å²) in [7, 11) is 4.59. The lowest BCUT2D eigenvalue weighted by molar-refractivity contribution is -0.155. The molecule has 3 atom stereocenters. The van der Waals surface area contributed by atoms with Crippen LogP contribution in [0.5, 0.6) is 17.2 Å². The molecule has 0 spiro atoms. The lowest BCUT2D eigenvalue weighted by Gasteiger charge is -2.46. The summed E-state index contributed by atoms with van der Waals surface area (Å²) in [5.74, 6) is 0.676. The number of carboxylic acid groups (broad SMARTS) is 1. The highest BCUT2D eigenvalue weighted by atomic mass is 16.5. The van der Waals surface area contributed by atoms with E-state index in [1.54, 1.807) is 23.1 Å². The quantitative estimate of drug-likeness (QED) is 0.733. The first-order valence-electron chi connectivity index (χ1n) is 10.0. The maximum atomic E-state index is 13.1. The van der Waals surface area contributed by atoms with E-state index in [1.165, 1.54) is 27.4 Å². The van der Waals surface area contributed by atoms with Crippen LogP contribution in [0.3, 0.4) is 0 Å². The summed E-state index contributed by atoms with van der Waals surface area (Å²) in [4.78, 5) is 26.5. The second kappa shape index (κ2) is 9.20. The number of nitrogens with zero attached hydrogens (tertiary/aromatic N) is 1. The summed E-state index contributed by atoms with van der Waals surface area (Å²) in [6.07, 6.45) is 8.64. The van der Waals surface area contributed by atoms with E-state index in [0.29, 0.717) is 35.2 Å². The zero-order chi connectivity index (χ0) is 21.0. The Morgan fingerprint density at radius 3 is 2.24 bits per heavy atom. The van der Waals surface area contributed by atoms with Crippen molar-refractivity contribution >= 4 is 18.0 Å². The fourth-order valence-electron chi connectivity index (χ4n) is 4.64. The van der Waals surface area contributed by atoms with E-state index in [-0.39, 0.29) is 11.9 Å². The van der Waals surface area contributed by atoms with Gasteiger partial charge in [-0.3, -0.25) is 4.79 Å². The number of piperidine rings is 1. The summed E-state index contributed by atoms with van der Waals surface area (Å²) in [6, 6.07) is 2.75. The Kier molecular flexibility index (Phi) is 6.67. The Labute approximate surface area is 171 Å². The first-order chi connectivity index (χ1) is 14.0. The van der Waals surface area contributed by atoms with E-state index in [4.69, 9.17) is 14.2 Å². The van der Waals surface area contributed by atoms with E-state index in [1.807, 2.05) is 0 Å². The van der Waals surface area contributed by atoms with Crippen molar-refractivity contribution in [3.63, 3.8) is 0 Å². The molecule has 1 heterocycles. The smallest absolute Gasteiger partial charge is 0.326 e. The molecular formula is C22H29NO6. The lowest BCUT2D eigenvalue weighted by Crippen LogP contribution is -2.57. The summed E-state index contributed by atoms with van der Waals surface area (Å²) in [5, 5.41) is 9.66. The Balaban J connectivity index is 1.87. The highest BCUT2D eigenvalue weighted by Gasteiger charge is 2.43. The third-order valence-electron chi connectivity index (χ3n) is 6.02. The van der Waals surface area contributed by atoms with Gasteiger partial charge in [0.2, 0.25) is 11.7 Å². The number of carboxylic acids is 1. The minimum Gasteiger partial charge on any atom is -0.493 e. The molecule has 1 aliphatic heterocycles. The van der Waals surface area contributed by atoms with Gasteiger partial charge in [0, 0.05) is 12.1 Å². The molecule has 7 heteroatoms. The topological polar surface area (TPSA) is 85.3 Å². The number of carbonyl (C=O) groups is 2. The third kappa shape index (κ3) is 4.33. The number of ether oxygens (including phenoxy) is 3. The van der Waals surface area contributed by atoms with Crippen LogP contribution in [0.15, 0.2) is 18.2 Å². The van der Waals surface area contributed by atoms with Gasteiger partial charge in [-0.25, -0.2) is 4.79 Å². The van der Waals surface area contributed by atoms with Crippen LogP contribution in [0.1, 0.15) is 44.1 Å². The summed E-state index contributed by atoms with van der Waals surface area (Å²) < 4.78 is 16.0. The maximum absolute atomic E-state index is 13.1. The average Bonchev–Trinajstić information content (AvgIpc) is 2.75. The van der Waals surface area contributed by atoms with E-state index >= 15 is 0 Å². The van der Waals surface area contributed by atoms with Gasteiger partial charge in [0.15, 0.2) is 11.5 Å². The van der Waals surface area contributed by atoms with Gasteiger partial charge in [0.25, 0.3) is 0 Å². The third-order valence-corrected chi connectivity index (χ3v) is 6.02. The molecule has 1 aromatic rings. The van der Waals surface area contributed by atoms with Crippen LogP contribution >= 0.6 is 0 Å². The van der Waals surface area contributed by atoms with Crippen molar-refractivity contribution in [2.45, 2.75) is 50.6 Å². The minimum atomic E-state index is -0.927. The van der Waals surface area contributed by atoms with Crippen LogP contribution in [0.25, 0.3) is 6.08 Å². The van der Waals surface area contributed by atoms with Gasteiger partial charge in [-0.15, -0.1) is 0 Å². The molecule has 158 valence electrons. The van der Waals surface area contributed by atoms with Crippen molar-refractivity contribution < 1.29 is 28.9 Å². The zero-order valence-corrected chi connectivity index (χ0v) is 17.2. The van der Waals surface area contributed by atoms with Crippen LogP contribution in [0.2, 0.25) is 0 Å². The molecule has 7 nitrogen and oxygen atoms in total.